The lowest BCUT2D eigenvalue weighted by Gasteiger charge is -2.17. The van der Waals surface area contributed by atoms with Crippen molar-refractivity contribution in [2.75, 3.05) is 0 Å². The Kier molecular flexibility index (Phi) is 5.81. The number of aryl methyl sites for hydroxylation is 3. The molecule has 1 atom stereocenters. The largest absolute Gasteiger partial charge is 0.419 e. The van der Waals surface area contributed by atoms with Crippen molar-refractivity contribution >= 4 is 22.7 Å². The maximum absolute atomic E-state index is 12.3. The molecule has 3 rings (SSSR count). The van der Waals surface area contributed by atoms with Crippen LogP contribution in [0.4, 0.5) is 5.69 Å². The first-order chi connectivity index (χ1) is 13.8. The number of fused-ring (bicyclic) bond motifs is 1. The average Bonchev–Trinajstić information content (AvgIpc) is 2.98. The number of hydrogen-bond acceptors (Lipinski definition) is 5. The smallest absolute Gasteiger partial charge is 0.407 e. The number of amides is 1. The molecule has 0 aliphatic heterocycles. The summed E-state index contributed by atoms with van der Waals surface area (Å²) < 4.78 is 6.49. The number of hydrogen-bond donors (Lipinski definition) is 1. The Balaban J connectivity index is 1.62. The predicted octanol–water partition coefficient (Wildman–Crippen LogP) is 3.78. The number of oxazole rings is 1. The lowest BCUT2D eigenvalue weighted by molar-refractivity contribution is -0.384. The van der Waals surface area contributed by atoms with Crippen molar-refractivity contribution < 1.29 is 14.1 Å². The zero-order valence-corrected chi connectivity index (χ0v) is 16.6. The van der Waals surface area contributed by atoms with Crippen molar-refractivity contribution in [1.29, 1.82) is 0 Å². The molecule has 1 amide bonds. The summed E-state index contributed by atoms with van der Waals surface area (Å²) in [7, 11) is 0. The van der Waals surface area contributed by atoms with Gasteiger partial charge in [0.2, 0.25) is 5.91 Å². The Bertz CT molecular complexity index is 1130. The molecule has 29 heavy (non-hydrogen) atoms. The summed E-state index contributed by atoms with van der Waals surface area (Å²) in [5.41, 5.74) is 3.84. The van der Waals surface area contributed by atoms with Crippen molar-refractivity contribution in [3.63, 3.8) is 0 Å². The minimum Gasteiger partial charge on any atom is -0.407 e. The van der Waals surface area contributed by atoms with Gasteiger partial charge in [-0.2, -0.15) is 0 Å². The molecule has 0 radical (unpaired) electrons. The predicted molar refractivity (Wildman–Crippen MR) is 109 cm³/mol. The summed E-state index contributed by atoms with van der Waals surface area (Å²) >= 11 is 0. The molecule has 1 aromatic heterocycles. The zero-order valence-electron chi connectivity index (χ0n) is 16.6. The van der Waals surface area contributed by atoms with Crippen LogP contribution in [0.15, 0.2) is 45.6 Å². The lowest BCUT2D eigenvalue weighted by Crippen LogP contribution is -2.27. The maximum atomic E-state index is 12.3. The van der Waals surface area contributed by atoms with Crippen molar-refractivity contribution in [3.05, 3.63) is 73.8 Å². The summed E-state index contributed by atoms with van der Waals surface area (Å²) in [5, 5.41) is 13.8. The highest BCUT2D eigenvalue weighted by molar-refractivity contribution is 5.77. The quantitative estimate of drug-likeness (QED) is 0.482. The van der Waals surface area contributed by atoms with Crippen molar-refractivity contribution in [3.8, 4) is 0 Å². The number of nitro groups is 1. The fraction of sp³-hybridized carbons (Fsp3) is 0.333. The number of carbonyl (C=O) groups is 1. The number of nitro benzene ring substituents is 1. The van der Waals surface area contributed by atoms with E-state index in [2.05, 4.69) is 11.4 Å². The first kappa shape index (κ1) is 20.3. The second-order valence-electron chi connectivity index (χ2n) is 7.18. The van der Waals surface area contributed by atoms with E-state index in [0.29, 0.717) is 11.9 Å². The van der Waals surface area contributed by atoms with Gasteiger partial charge in [0.25, 0.3) is 5.69 Å². The minimum absolute atomic E-state index is 0.102. The summed E-state index contributed by atoms with van der Waals surface area (Å²) in [6, 6.07) is 10.1. The Labute approximate surface area is 167 Å². The third kappa shape index (κ3) is 4.53. The van der Waals surface area contributed by atoms with Gasteiger partial charge in [0.05, 0.1) is 22.5 Å². The fourth-order valence-corrected chi connectivity index (χ4v) is 3.40. The molecule has 8 nitrogen and oxygen atoms in total. The first-order valence-corrected chi connectivity index (χ1v) is 9.40. The van der Waals surface area contributed by atoms with Crippen LogP contribution in [0.2, 0.25) is 0 Å². The number of nitrogens with zero attached hydrogens (tertiary/aromatic N) is 2. The summed E-state index contributed by atoms with van der Waals surface area (Å²) in [6.45, 7) is 6.26. The highest BCUT2D eigenvalue weighted by atomic mass is 16.6. The van der Waals surface area contributed by atoms with Gasteiger partial charge >= 0.3 is 5.76 Å². The van der Waals surface area contributed by atoms with Gasteiger partial charge in [-0.05, 0) is 44.4 Å². The highest BCUT2D eigenvalue weighted by Gasteiger charge is 2.15. The van der Waals surface area contributed by atoms with E-state index in [9.17, 15) is 19.7 Å². The summed E-state index contributed by atoms with van der Waals surface area (Å²) in [6.07, 6.45) is 0.693. The van der Waals surface area contributed by atoms with E-state index in [0.717, 1.165) is 16.7 Å². The van der Waals surface area contributed by atoms with Gasteiger partial charge in [-0.25, -0.2) is 4.79 Å². The zero-order chi connectivity index (χ0) is 21.1. The molecule has 0 aliphatic carbocycles. The van der Waals surface area contributed by atoms with Crippen LogP contribution >= 0.6 is 0 Å². The molecule has 1 heterocycles. The van der Waals surface area contributed by atoms with Gasteiger partial charge in [0.1, 0.15) is 0 Å². The minimum atomic E-state index is -0.593. The van der Waals surface area contributed by atoms with Crippen LogP contribution in [-0.4, -0.2) is 15.4 Å². The van der Waals surface area contributed by atoms with Crippen LogP contribution in [0.1, 0.15) is 42.5 Å². The number of carbonyl (C=O) groups excluding carboxylic acids is 1. The number of rotatable bonds is 7. The summed E-state index contributed by atoms with van der Waals surface area (Å²) in [4.78, 5) is 34.7. The molecule has 8 heteroatoms. The normalized spacial score (nSPS) is 12.1. The molecule has 3 aromatic rings. The van der Waals surface area contributed by atoms with Crippen LogP contribution < -0.4 is 11.1 Å². The van der Waals surface area contributed by atoms with Gasteiger partial charge in [0.15, 0.2) is 5.58 Å². The third-order valence-corrected chi connectivity index (χ3v) is 4.93. The van der Waals surface area contributed by atoms with Gasteiger partial charge in [0, 0.05) is 19.0 Å². The fourth-order valence-electron chi connectivity index (χ4n) is 3.40. The van der Waals surface area contributed by atoms with E-state index < -0.39 is 10.7 Å². The Morgan fingerprint density at radius 1 is 1.24 bits per heavy atom. The van der Waals surface area contributed by atoms with E-state index in [1.54, 1.807) is 0 Å². The topological polar surface area (TPSA) is 107 Å². The molecular weight excluding hydrogens is 374 g/mol. The number of aromatic nitrogens is 1. The number of benzene rings is 2. The summed E-state index contributed by atoms with van der Waals surface area (Å²) in [5.74, 6) is -0.695. The SMILES string of the molecule is Cc1ccc(C)c([C@@H](C)NC(=O)CCCn2c(=O)oc3cc([N+](=O)[O-])ccc32)c1. The van der Waals surface area contributed by atoms with Crippen LogP contribution in [-0.2, 0) is 11.3 Å². The monoisotopic (exact) mass is 397 g/mol. The molecule has 0 saturated carbocycles. The van der Waals surface area contributed by atoms with E-state index >= 15 is 0 Å². The third-order valence-electron chi connectivity index (χ3n) is 4.93. The molecule has 0 aliphatic rings. The Hall–Kier alpha value is -3.42. The lowest BCUT2D eigenvalue weighted by atomic mass is 10.00. The Morgan fingerprint density at radius 2 is 2.00 bits per heavy atom. The van der Waals surface area contributed by atoms with Gasteiger partial charge in [-0.1, -0.05) is 23.8 Å². The van der Waals surface area contributed by atoms with Crippen LogP contribution in [0.3, 0.4) is 0 Å². The molecule has 152 valence electrons. The molecule has 0 unspecified atom stereocenters. The number of nitrogens with one attached hydrogen (secondary N) is 1. The molecular formula is C21H23N3O5. The molecule has 0 fully saturated rings. The first-order valence-electron chi connectivity index (χ1n) is 9.40. The average molecular weight is 397 g/mol. The molecule has 1 N–H and O–H groups in total. The van der Waals surface area contributed by atoms with Crippen molar-refractivity contribution in [1.82, 2.24) is 9.88 Å². The maximum Gasteiger partial charge on any atom is 0.419 e. The standard InChI is InChI=1S/C21H23N3O5/c1-13-6-7-14(2)17(11-13)15(3)22-20(25)5-4-10-23-18-9-8-16(24(27)28)12-19(18)29-21(23)26/h6-9,11-12,15H,4-5,10H2,1-3H3,(H,22,25)/t15-/m1/s1. The van der Waals surface area contributed by atoms with E-state index in [-0.39, 0.29) is 36.2 Å². The molecule has 0 bridgehead atoms. The Morgan fingerprint density at radius 3 is 2.72 bits per heavy atom. The van der Waals surface area contributed by atoms with Gasteiger partial charge in [-0.15, -0.1) is 0 Å². The van der Waals surface area contributed by atoms with Gasteiger partial charge in [-0.3, -0.25) is 19.5 Å². The second kappa shape index (κ2) is 8.30. The highest BCUT2D eigenvalue weighted by Crippen LogP contribution is 2.21. The van der Waals surface area contributed by atoms with Crippen LogP contribution in [0.25, 0.3) is 11.1 Å². The molecule has 0 spiro atoms. The van der Waals surface area contributed by atoms with E-state index in [1.165, 1.54) is 22.8 Å². The van der Waals surface area contributed by atoms with E-state index in [4.69, 9.17) is 4.42 Å². The van der Waals surface area contributed by atoms with Crippen LogP contribution in [0.5, 0.6) is 0 Å². The van der Waals surface area contributed by atoms with E-state index in [1.807, 2.05) is 32.9 Å². The molecule has 2 aromatic carbocycles. The van der Waals surface area contributed by atoms with Crippen molar-refractivity contribution in [2.24, 2.45) is 0 Å². The van der Waals surface area contributed by atoms with Crippen molar-refractivity contribution in [2.45, 2.75) is 46.2 Å². The van der Waals surface area contributed by atoms with Gasteiger partial charge < -0.3 is 9.73 Å². The second-order valence-corrected chi connectivity index (χ2v) is 7.18. The molecule has 0 saturated heterocycles. The number of non-ortho nitro benzene ring substituents is 1. The van der Waals surface area contributed by atoms with Crippen LogP contribution in [0, 0.1) is 24.0 Å².